The highest BCUT2D eigenvalue weighted by Gasteiger charge is 2.43. The Morgan fingerprint density at radius 1 is 1.04 bits per heavy atom. The van der Waals surface area contributed by atoms with Gasteiger partial charge in [-0.1, -0.05) is 39.3 Å². The second-order valence-electron chi connectivity index (χ2n) is 7.32. The lowest BCUT2D eigenvalue weighted by molar-refractivity contribution is 0.0436. The van der Waals surface area contributed by atoms with Crippen LogP contribution in [0, 0.1) is 5.92 Å². The van der Waals surface area contributed by atoms with E-state index in [1.165, 1.54) is 30.4 Å². The van der Waals surface area contributed by atoms with Crippen LogP contribution < -0.4 is 4.74 Å². The van der Waals surface area contributed by atoms with Crippen LogP contribution in [0.3, 0.4) is 0 Å². The Kier molecular flexibility index (Phi) is 5.77. The molecule has 4 heteroatoms. The largest absolute Gasteiger partial charge is 0.519 e. The molecule has 1 aliphatic heterocycles. The highest BCUT2D eigenvalue weighted by atomic mass is 28.4. The lowest BCUT2D eigenvalue weighted by atomic mass is 9.80. The van der Waals surface area contributed by atoms with E-state index >= 15 is 0 Å². The van der Waals surface area contributed by atoms with E-state index in [1.54, 1.807) is 7.11 Å². The first kappa shape index (κ1) is 18.4. The van der Waals surface area contributed by atoms with Gasteiger partial charge in [0.15, 0.2) is 0 Å². The number of rotatable bonds is 7. The molecule has 1 aromatic rings. The third kappa shape index (κ3) is 3.59. The van der Waals surface area contributed by atoms with E-state index in [0.717, 1.165) is 36.2 Å². The molecule has 2 aliphatic rings. The molecule has 0 saturated heterocycles. The normalized spacial score (nSPS) is 23.2. The van der Waals surface area contributed by atoms with Crippen LogP contribution in [0.25, 0.3) is 0 Å². The summed E-state index contributed by atoms with van der Waals surface area (Å²) in [5.41, 5.74) is 2.68. The second kappa shape index (κ2) is 7.86. The molecular weight excluding hydrogens is 328 g/mol. The molecule has 1 fully saturated rings. The first-order valence-corrected chi connectivity index (χ1v) is 12.4. The summed E-state index contributed by atoms with van der Waals surface area (Å²) in [6, 6.07) is 11.8. The minimum atomic E-state index is -1.71. The monoisotopic (exact) mass is 360 g/mol. The smallest absolute Gasteiger partial charge is 0.265 e. The third-order valence-electron chi connectivity index (χ3n) is 6.21. The van der Waals surface area contributed by atoms with Gasteiger partial charge in [0, 0.05) is 11.5 Å². The number of ether oxygens (including phenoxy) is 2. The average Bonchev–Trinajstić information content (AvgIpc) is 3.05. The molecule has 0 bridgehead atoms. The van der Waals surface area contributed by atoms with Gasteiger partial charge in [0.05, 0.1) is 7.11 Å². The third-order valence-corrected chi connectivity index (χ3v) is 10.7. The first-order chi connectivity index (χ1) is 12.2. The summed E-state index contributed by atoms with van der Waals surface area (Å²) in [5, 5.41) is 0. The van der Waals surface area contributed by atoms with Crippen molar-refractivity contribution in [2.45, 2.75) is 70.7 Å². The molecule has 0 spiro atoms. The van der Waals surface area contributed by atoms with Crippen LogP contribution in [0.2, 0.25) is 18.1 Å². The summed E-state index contributed by atoms with van der Waals surface area (Å²) in [6.45, 7) is 6.83. The Bertz CT molecular complexity index is 596. The summed E-state index contributed by atoms with van der Waals surface area (Å²) < 4.78 is 18.5. The number of methoxy groups -OCH3 is 1. The van der Waals surface area contributed by atoms with Crippen LogP contribution in [0.15, 0.2) is 35.8 Å². The van der Waals surface area contributed by atoms with Crippen LogP contribution in [-0.2, 0) is 9.16 Å². The Morgan fingerprint density at radius 2 is 1.72 bits per heavy atom. The molecule has 0 N–H and O–H groups in total. The Morgan fingerprint density at radius 3 is 2.32 bits per heavy atom. The topological polar surface area (TPSA) is 27.7 Å². The van der Waals surface area contributed by atoms with Gasteiger partial charge >= 0.3 is 0 Å². The van der Waals surface area contributed by atoms with Crippen molar-refractivity contribution in [1.29, 1.82) is 0 Å². The van der Waals surface area contributed by atoms with Gasteiger partial charge in [0.25, 0.3) is 14.3 Å². The molecule has 3 rings (SSSR count). The molecule has 0 unspecified atom stereocenters. The van der Waals surface area contributed by atoms with Crippen molar-refractivity contribution in [2.24, 2.45) is 5.92 Å². The van der Waals surface area contributed by atoms with Gasteiger partial charge in [-0.25, -0.2) is 0 Å². The summed E-state index contributed by atoms with van der Waals surface area (Å²) >= 11 is 0. The maximum atomic E-state index is 6.68. The van der Waals surface area contributed by atoms with Gasteiger partial charge in [-0.2, -0.15) is 0 Å². The van der Waals surface area contributed by atoms with Gasteiger partial charge < -0.3 is 13.9 Å². The fraction of sp³-hybridized carbons (Fsp3) is 0.619. The lowest BCUT2D eigenvalue weighted by Gasteiger charge is -2.30. The van der Waals surface area contributed by atoms with Gasteiger partial charge in [-0.15, -0.1) is 0 Å². The van der Waals surface area contributed by atoms with Crippen molar-refractivity contribution in [3.8, 4) is 5.75 Å². The fourth-order valence-electron chi connectivity index (χ4n) is 4.25. The highest BCUT2D eigenvalue weighted by molar-refractivity contribution is 6.73. The van der Waals surface area contributed by atoms with E-state index < -0.39 is 8.32 Å². The van der Waals surface area contributed by atoms with Crippen molar-refractivity contribution in [1.82, 2.24) is 0 Å². The van der Waals surface area contributed by atoms with E-state index in [9.17, 15) is 0 Å². The maximum absolute atomic E-state index is 6.68. The van der Waals surface area contributed by atoms with Crippen LogP contribution in [0.4, 0.5) is 0 Å². The van der Waals surface area contributed by atoms with Crippen LogP contribution in [0.5, 0.6) is 5.75 Å². The van der Waals surface area contributed by atoms with Gasteiger partial charge in [0.2, 0.25) is 0 Å². The fourth-order valence-corrected chi connectivity index (χ4v) is 6.75. The molecule has 0 amide bonds. The Hall–Kier alpha value is -1.42. The van der Waals surface area contributed by atoms with E-state index in [-0.39, 0.29) is 6.10 Å². The summed E-state index contributed by atoms with van der Waals surface area (Å²) in [5.74, 6) is 2.27. The van der Waals surface area contributed by atoms with Crippen molar-refractivity contribution in [3.63, 3.8) is 0 Å². The quantitative estimate of drug-likeness (QED) is 0.543. The summed E-state index contributed by atoms with van der Waals surface area (Å²) in [6.07, 6.45) is 4.99. The van der Waals surface area contributed by atoms with Gasteiger partial charge in [-0.05, 0) is 55.1 Å². The molecule has 1 aliphatic carbocycles. The summed E-state index contributed by atoms with van der Waals surface area (Å²) in [7, 11) is -0.000276. The number of hydrogen-bond donors (Lipinski definition) is 0. The molecular formula is C21H32O3Si. The van der Waals surface area contributed by atoms with Crippen LogP contribution in [0.1, 0.15) is 58.1 Å². The minimum absolute atomic E-state index is 0.105. The molecule has 1 aromatic carbocycles. The van der Waals surface area contributed by atoms with E-state index in [0.29, 0.717) is 5.92 Å². The minimum Gasteiger partial charge on any atom is -0.519 e. The Balaban J connectivity index is 1.85. The Labute approximate surface area is 153 Å². The zero-order valence-corrected chi connectivity index (χ0v) is 17.1. The van der Waals surface area contributed by atoms with Gasteiger partial charge in [-0.3, -0.25) is 0 Å². The molecule has 1 heterocycles. The van der Waals surface area contributed by atoms with Crippen molar-refractivity contribution in [2.75, 3.05) is 7.11 Å². The molecule has 1 saturated carbocycles. The zero-order valence-electron chi connectivity index (χ0n) is 16.1. The molecule has 0 radical (unpaired) electrons. The predicted octanol–water partition coefficient (Wildman–Crippen LogP) is 6.19. The van der Waals surface area contributed by atoms with Crippen molar-refractivity contribution >= 4 is 8.32 Å². The van der Waals surface area contributed by atoms with Crippen molar-refractivity contribution in [3.05, 3.63) is 41.3 Å². The van der Waals surface area contributed by atoms with Crippen molar-refractivity contribution < 1.29 is 13.9 Å². The standard InChI is InChI=1S/C21H32O3Si/c1-5-25(6-2,7-3)24-21-19-11-9-8-10-18(19)20(23-21)16-12-14-17(22-4)15-13-16/h12-15,18,20H,5-11H2,1-4H3/t18-,20+/m1/s1. The van der Waals surface area contributed by atoms with Gasteiger partial charge in [0.1, 0.15) is 11.9 Å². The molecule has 2 atom stereocenters. The predicted molar refractivity (Wildman–Crippen MR) is 104 cm³/mol. The molecule has 3 nitrogen and oxygen atoms in total. The average molecular weight is 361 g/mol. The van der Waals surface area contributed by atoms with E-state index in [1.807, 2.05) is 12.1 Å². The number of benzene rings is 1. The van der Waals surface area contributed by atoms with E-state index in [2.05, 4.69) is 32.9 Å². The number of fused-ring (bicyclic) bond motifs is 1. The second-order valence-corrected chi connectivity index (χ2v) is 12.0. The molecule has 138 valence electrons. The van der Waals surface area contributed by atoms with Crippen LogP contribution >= 0.6 is 0 Å². The molecule has 0 aromatic heterocycles. The highest BCUT2D eigenvalue weighted by Crippen LogP contribution is 2.49. The first-order valence-electron chi connectivity index (χ1n) is 9.89. The maximum Gasteiger partial charge on any atom is 0.265 e. The van der Waals surface area contributed by atoms with E-state index in [4.69, 9.17) is 13.9 Å². The number of hydrogen-bond acceptors (Lipinski definition) is 3. The molecule has 25 heavy (non-hydrogen) atoms. The van der Waals surface area contributed by atoms with Crippen LogP contribution in [-0.4, -0.2) is 15.4 Å². The zero-order chi connectivity index (χ0) is 17.9. The SMILES string of the molecule is CC[Si](CC)(CC)OC1=C2CCCC[C@H]2[C@H](c2ccc(OC)cc2)O1. The lowest BCUT2D eigenvalue weighted by Crippen LogP contribution is -2.35. The summed E-state index contributed by atoms with van der Waals surface area (Å²) in [4.78, 5) is 0.